The van der Waals surface area contributed by atoms with Gasteiger partial charge in [-0.05, 0) is 48.2 Å². The van der Waals surface area contributed by atoms with Gasteiger partial charge in [0.2, 0.25) is 0 Å². The Morgan fingerprint density at radius 3 is 2.61 bits per heavy atom. The van der Waals surface area contributed by atoms with E-state index in [9.17, 15) is 9.50 Å². The standard InChI is InChI=1S/C19H22FNO2/c20-17-5-2-4-16(12-17)19(7-9-23-10-8-19)14-21-13-15-3-1-6-18(22)11-15/h1-6,11-12,21-22H,7-10,13-14H2. The third kappa shape index (κ3) is 3.89. The molecule has 1 heterocycles. The van der Waals surface area contributed by atoms with Crippen LogP contribution in [0.1, 0.15) is 24.0 Å². The van der Waals surface area contributed by atoms with Gasteiger partial charge in [-0.2, -0.15) is 0 Å². The summed E-state index contributed by atoms with van der Waals surface area (Å²) < 4.78 is 19.1. The lowest BCUT2D eigenvalue weighted by Gasteiger charge is -2.38. The summed E-state index contributed by atoms with van der Waals surface area (Å²) in [5.41, 5.74) is 1.97. The molecule has 0 atom stereocenters. The molecule has 23 heavy (non-hydrogen) atoms. The van der Waals surface area contributed by atoms with Crippen LogP contribution in [-0.4, -0.2) is 24.9 Å². The Morgan fingerprint density at radius 2 is 1.87 bits per heavy atom. The van der Waals surface area contributed by atoms with Crippen molar-refractivity contribution in [3.05, 3.63) is 65.5 Å². The number of rotatable bonds is 5. The molecule has 0 amide bonds. The van der Waals surface area contributed by atoms with Gasteiger partial charge in [-0.1, -0.05) is 24.3 Å². The van der Waals surface area contributed by atoms with Gasteiger partial charge in [0.1, 0.15) is 11.6 Å². The highest BCUT2D eigenvalue weighted by Crippen LogP contribution is 2.34. The zero-order chi connectivity index (χ0) is 16.1. The topological polar surface area (TPSA) is 41.5 Å². The molecule has 0 unspecified atom stereocenters. The Labute approximate surface area is 136 Å². The molecule has 2 N–H and O–H groups in total. The number of hydrogen-bond acceptors (Lipinski definition) is 3. The molecule has 0 aliphatic carbocycles. The van der Waals surface area contributed by atoms with Crippen molar-refractivity contribution in [2.45, 2.75) is 24.8 Å². The molecule has 3 rings (SSSR count). The van der Waals surface area contributed by atoms with Gasteiger partial charge in [-0.15, -0.1) is 0 Å². The van der Waals surface area contributed by atoms with Crippen molar-refractivity contribution in [1.29, 1.82) is 0 Å². The van der Waals surface area contributed by atoms with Crippen molar-refractivity contribution in [1.82, 2.24) is 5.32 Å². The fourth-order valence-electron chi connectivity index (χ4n) is 3.26. The molecular weight excluding hydrogens is 293 g/mol. The van der Waals surface area contributed by atoms with E-state index in [0.717, 1.165) is 30.5 Å². The van der Waals surface area contributed by atoms with Crippen molar-refractivity contribution in [3.63, 3.8) is 0 Å². The SMILES string of the molecule is Oc1cccc(CNCC2(c3cccc(F)c3)CCOCC2)c1. The molecule has 0 bridgehead atoms. The maximum absolute atomic E-state index is 13.6. The molecule has 1 saturated heterocycles. The van der Waals surface area contributed by atoms with Crippen molar-refractivity contribution < 1.29 is 14.2 Å². The average Bonchev–Trinajstić information content (AvgIpc) is 2.56. The summed E-state index contributed by atoms with van der Waals surface area (Å²) in [4.78, 5) is 0. The van der Waals surface area contributed by atoms with Crippen LogP contribution in [0.5, 0.6) is 5.75 Å². The third-order valence-electron chi connectivity index (χ3n) is 4.59. The predicted octanol–water partition coefficient (Wildman–Crippen LogP) is 3.37. The number of hydrogen-bond donors (Lipinski definition) is 2. The number of halogens is 1. The molecule has 1 aliphatic rings. The minimum atomic E-state index is -0.193. The highest BCUT2D eigenvalue weighted by molar-refractivity contribution is 5.29. The van der Waals surface area contributed by atoms with Crippen LogP contribution in [0.2, 0.25) is 0 Å². The number of phenols is 1. The Morgan fingerprint density at radius 1 is 1.09 bits per heavy atom. The van der Waals surface area contributed by atoms with Crippen molar-refractivity contribution >= 4 is 0 Å². The summed E-state index contributed by atoms with van der Waals surface area (Å²) >= 11 is 0. The van der Waals surface area contributed by atoms with Gasteiger partial charge in [0, 0.05) is 31.7 Å². The van der Waals surface area contributed by atoms with Crippen molar-refractivity contribution in [3.8, 4) is 5.75 Å². The molecule has 2 aromatic carbocycles. The molecule has 3 nitrogen and oxygen atoms in total. The first-order valence-electron chi connectivity index (χ1n) is 8.00. The highest BCUT2D eigenvalue weighted by atomic mass is 19.1. The smallest absolute Gasteiger partial charge is 0.123 e. The van der Waals surface area contributed by atoms with Crippen LogP contribution < -0.4 is 5.32 Å². The van der Waals surface area contributed by atoms with E-state index in [-0.39, 0.29) is 17.0 Å². The Hall–Kier alpha value is -1.91. The number of benzene rings is 2. The Balaban J connectivity index is 1.72. The van der Waals surface area contributed by atoms with E-state index in [1.54, 1.807) is 24.3 Å². The average molecular weight is 315 g/mol. The van der Waals surface area contributed by atoms with Crippen LogP contribution in [0, 0.1) is 5.82 Å². The first-order valence-corrected chi connectivity index (χ1v) is 8.00. The zero-order valence-electron chi connectivity index (χ0n) is 13.1. The predicted molar refractivity (Wildman–Crippen MR) is 87.9 cm³/mol. The van der Waals surface area contributed by atoms with Crippen LogP contribution in [0.4, 0.5) is 4.39 Å². The third-order valence-corrected chi connectivity index (χ3v) is 4.59. The van der Waals surface area contributed by atoms with E-state index >= 15 is 0 Å². The lowest BCUT2D eigenvalue weighted by molar-refractivity contribution is 0.0497. The van der Waals surface area contributed by atoms with Crippen LogP contribution in [0.25, 0.3) is 0 Å². The fourth-order valence-corrected chi connectivity index (χ4v) is 3.26. The van der Waals surface area contributed by atoms with Crippen molar-refractivity contribution in [2.24, 2.45) is 0 Å². The molecule has 0 radical (unpaired) electrons. The van der Waals surface area contributed by atoms with Crippen LogP contribution in [0.15, 0.2) is 48.5 Å². The minimum absolute atomic E-state index is 0.100. The maximum atomic E-state index is 13.6. The second-order valence-electron chi connectivity index (χ2n) is 6.18. The highest BCUT2D eigenvalue weighted by Gasteiger charge is 2.34. The molecule has 0 saturated carbocycles. The molecule has 1 fully saturated rings. The quantitative estimate of drug-likeness (QED) is 0.889. The second-order valence-corrected chi connectivity index (χ2v) is 6.18. The van der Waals surface area contributed by atoms with E-state index in [1.807, 2.05) is 18.2 Å². The van der Waals surface area contributed by atoms with E-state index in [4.69, 9.17) is 4.74 Å². The molecule has 4 heteroatoms. The van der Waals surface area contributed by atoms with E-state index in [1.165, 1.54) is 6.07 Å². The van der Waals surface area contributed by atoms with Gasteiger partial charge in [-0.3, -0.25) is 0 Å². The normalized spacial score (nSPS) is 17.1. The minimum Gasteiger partial charge on any atom is -0.508 e. The molecule has 0 aromatic heterocycles. The van der Waals surface area contributed by atoms with Crippen LogP contribution in [-0.2, 0) is 16.7 Å². The Kier molecular flexibility index (Phi) is 4.94. The second kappa shape index (κ2) is 7.11. The van der Waals surface area contributed by atoms with Crippen LogP contribution in [0.3, 0.4) is 0 Å². The Bertz CT molecular complexity index is 653. The van der Waals surface area contributed by atoms with Gasteiger partial charge >= 0.3 is 0 Å². The maximum Gasteiger partial charge on any atom is 0.123 e. The lowest BCUT2D eigenvalue weighted by Crippen LogP contribution is -2.42. The van der Waals surface area contributed by atoms with Crippen molar-refractivity contribution in [2.75, 3.05) is 19.8 Å². The fraction of sp³-hybridized carbons (Fsp3) is 0.368. The molecule has 2 aromatic rings. The number of nitrogens with one attached hydrogen (secondary N) is 1. The number of phenolic OH excluding ortho intramolecular Hbond substituents is 1. The monoisotopic (exact) mass is 315 g/mol. The van der Waals surface area contributed by atoms with Gasteiger partial charge in [-0.25, -0.2) is 4.39 Å². The first kappa shape index (κ1) is 16.0. The summed E-state index contributed by atoms with van der Waals surface area (Å²) in [6, 6.07) is 14.1. The van der Waals surface area contributed by atoms with E-state index < -0.39 is 0 Å². The van der Waals surface area contributed by atoms with Gasteiger partial charge in [0.25, 0.3) is 0 Å². The summed E-state index contributed by atoms with van der Waals surface area (Å²) in [5.74, 6) is 0.0801. The number of ether oxygens (including phenoxy) is 1. The molecule has 122 valence electrons. The largest absolute Gasteiger partial charge is 0.508 e. The summed E-state index contributed by atoms with van der Waals surface area (Å²) in [6.07, 6.45) is 1.76. The number of aromatic hydroxyl groups is 1. The lowest BCUT2D eigenvalue weighted by atomic mass is 9.74. The van der Waals surface area contributed by atoms with E-state index in [0.29, 0.717) is 19.8 Å². The summed E-state index contributed by atoms with van der Waals surface area (Å²) in [7, 11) is 0. The zero-order valence-corrected chi connectivity index (χ0v) is 13.1. The summed E-state index contributed by atoms with van der Waals surface area (Å²) in [6.45, 7) is 2.83. The van der Waals surface area contributed by atoms with Gasteiger partial charge in [0.05, 0.1) is 0 Å². The van der Waals surface area contributed by atoms with Gasteiger partial charge in [0.15, 0.2) is 0 Å². The summed E-state index contributed by atoms with van der Waals surface area (Å²) in [5, 5.41) is 13.0. The van der Waals surface area contributed by atoms with E-state index in [2.05, 4.69) is 5.32 Å². The van der Waals surface area contributed by atoms with Gasteiger partial charge < -0.3 is 15.2 Å². The van der Waals surface area contributed by atoms with Crippen LogP contribution >= 0.6 is 0 Å². The molecule has 0 spiro atoms. The first-order chi connectivity index (χ1) is 11.2. The molecule has 1 aliphatic heterocycles. The molecular formula is C19H22FNO2.